The molecule has 0 radical (unpaired) electrons. The van der Waals surface area contributed by atoms with Crippen LogP contribution in [0.25, 0.3) is 5.69 Å². The van der Waals surface area contributed by atoms with E-state index in [0.29, 0.717) is 16.8 Å². The van der Waals surface area contributed by atoms with Crippen molar-refractivity contribution in [2.75, 3.05) is 17.2 Å². The highest BCUT2D eigenvalue weighted by Crippen LogP contribution is 2.40. The predicted molar refractivity (Wildman–Crippen MR) is 107 cm³/mol. The third-order valence-electron chi connectivity index (χ3n) is 5.07. The van der Waals surface area contributed by atoms with Gasteiger partial charge in [0.1, 0.15) is 5.82 Å². The lowest BCUT2D eigenvalue weighted by Crippen LogP contribution is -2.30. The zero-order chi connectivity index (χ0) is 18.2. The Balaban J connectivity index is 1.33. The van der Waals surface area contributed by atoms with Gasteiger partial charge in [-0.25, -0.2) is 9.67 Å². The smallest absolute Gasteiger partial charge is 0.237 e. The number of hydrogen-bond donors (Lipinski definition) is 0. The molecule has 6 heteroatoms. The number of carbonyl (C=O) groups excluding carboxylic acids is 1. The first-order chi connectivity index (χ1) is 13.3. The van der Waals surface area contributed by atoms with Gasteiger partial charge in [-0.3, -0.25) is 4.79 Å². The molecule has 2 heterocycles. The van der Waals surface area contributed by atoms with E-state index in [2.05, 4.69) is 11.2 Å². The lowest BCUT2D eigenvalue weighted by molar-refractivity contribution is -0.116. The molecule has 0 spiro atoms. The Morgan fingerprint density at radius 1 is 1.07 bits per heavy atom. The number of fused-ring (bicyclic) bond motifs is 1. The van der Waals surface area contributed by atoms with E-state index in [-0.39, 0.29) is 5.91 Å². The topological polar surface area (TPSA) is 51.0 Å². The standard InChI is InChI=1S/C21H20N4OS/c26-19(24-13-12-15-6-4-5-9-18(15)24)14-27-21-22-20(16-10-11-16)25(23-21)17-7-2-1-3-8-17/h1-9,16H,10-14H2. The number of anilines is 1. The summed E-state index contributed by atoms with van der Waals surface area (Å²) >= 11 is 1.43. The van der Waals surface area contributed by atoms with Crippen LogP contribution in [0.5, 0.6) is 0 Å². The first kappa shape index (κ1) is 16.6. The molecule has 3 aromatic rings. The highest BCUT2D eigenvalue weighted by molar-refractivity contribution is 7.99. The van der Waals surface area contributed by atoms with Gasteiger partial charge < -0.3 is 4.90 Å². The summed E-state index contributed by atoms with van der Waals surface area (Å²) in [5, 5.41) is 5.36. The molecule has 0 bridgehead atoms. The van der Waals surface area contributed by atoms with Gasteiger partial charge in [0.05, 0.1) is 11.4 Å². The van der Waals surface area contributed by atoms with Gasteiger partial charge in [0.25, 0.3) is 0 Å². The fourth-order valence-electron chi connectivity index (χ4n) is 3.53. The summed E-state index contributed by atoms with van der Waals surface area (Å²) in [6.07, 6.45) is 3.26. The first-order valence-corrected chi connectivity index (χ1v) is 10.3. The molecule has 1 aromatic heterocycles. The molecular weight excluding hydrogens is 356 g/mol. The summed E-state index contributed by atoms with van der Waals surface area (Å²) in [5.41, 5.74) is 3.32. The Labute approximate surface area is 162 Å². The van der Waals surface area contributed by atoms with Gasteiger partial charge in [0, 0.05) is 18.2 Å². The Morgan fingerprint density at radius 3 is 2.67 bits per heavy atom. The monoisotopic (exact) mass is 376 g/mol. The molecule has 2 aliphatic rings. The van der Waals surface area contributed by atoms with Crippen molar-refractivity contribution < 1.29 is 4.79 Å². The van der Waals surface area contributed by atoms with Gasteiger partial charge in [-0.2, -0.15) is 0 Å². The van der Waals surface area contributed by atoms with Crippen molar-refractivity contribution in [1.29, 1.82) is 0 Å². The van der Waals surface area contributed by atoms with Gasteiger partial charge in [-0.15, -0.1) is 5.10 Å². The van der Waals surface area contributed by atoms with Crippen LogP contribution in [-0.2, 0) is 11.2 Å². The molecule has 2 aromatic carbocycles. The molecule has 1 saturated carbocycles. The Morgan fingerprint density at radius 2 is 1.85 bits per heavy atom. The third-order valence-corrected chi connectivity index (χ3v) is 5.89. The number of thioether (sulfide) groups is 1. The number of nitrogens with zero attached hydrogens (tertiary/aromatic N) is 4. The van der Waals surface area contributed by atoms with E-state index in [1.54, 1.807) is 0 Å². The van der Waals surface area contributed by atoms with Crippen molar-refractivity contribution in [2.24, 2.45) is 0 Å². The number of aromatic nitrogens is 3. The van der Waals surface area contributed by atoms with E-state index in [4.69, 9.17) is 4.98 Å². The molecule has 5 nitrogen and oxygen atoms in total. The average Bonchev–Trinajstić information content (AvgIpc) is 3.32. The second kappa shape index (κ2) is 6.85. The Kier molecular flexibility index (Phi) is 4.20. The van der Waals surface area contributed by atoms with Gasteiger partial charge in [-0.05, 0) is 43.0 Å². The molecule has 0 N–H and O–H groups in total. The van der Waals surface area contributed by atoms with E-state index < -0.39 is 0 Å². The predicted octanol–water partition coefficient (Wildman–Crippen LogP) is 3.83. The van der Waals surface area contributed by atoms with Crippen LogP contribution in [0.2, 0.25) is 0 Å². The molecule has 1 aliphatic carbocycles. The quantitative estimate of drug-likeness (QED) is 0.635. The molecule has 1 fully saturated rings. The highest BCUT2D eigenvalue weighted by atomic mass is 32.2. The van der Waals surface area contributed by atoms with Crippen LogP contribution in [0.1, 0.15) is 30.1 Å². The maximum atomic E-state index is 12.7. The zero-order valence-electron chi connectivity index (χ0n) is 14.9. The fraction of sp³-hybridized carbons (Fsp3) is 0.286. The van der Waals surface area contributed by atoms with E-state index in [1.807, 2.05) is 58.1 Å². The Hall–Kier alpha value is -2.60. The summed E-state index contributed by atoms with van der Waals surface area (Å²) in [7, 11) is 0. The molecule has 136 valence electrons. The minimum absolute atomic E-state index is 0.119. The van der Waals surface area contributed by atoms with Crippen LogP contribution >= 0.6 is 11.8 Å². The minimum Gasteiger partial charge on any atom is -0.311 e. The average molecular weight is 376 g/mol. The SMILES string of the molecule is O=C(CSc1nc(C2CC2)n(-c2ccccc2)n1)N1CCc2ccccc21. The number of amides is 1. The van der Waals surface area contributed by atoms with Gasteiger partial charge in [0.2, 0.25) is 11.1 Å². The molecule has 0 atom stereocenters. The molecule has 5 rings (SSSR count). The van der Waals surface area contributed by atoms with Gasteiger partial charge in [-0.1, -0.05) is 48.2 Å². The van der Waals surface area contributed by atoms with Crippen LogP contribution in [0.3, 0.4) is 0 Å². The summed E-state index contributed by atoms with van der Waals surface area (Å²) in [4.78, 5) is 19.4. The normalized spacial score (nSPS) is 15.8. The molecule has 0 saturated heterocycles. The van der Waals surface area contributed by atoms with Gasteiger partial charge >= 0.3 is 0 Å². The summed E-state index contributed by atoms with van der Waals surface area (Å²) in [6, 6.07) is 18.2. The van der Waals surface area contributed by atoms with E-state index in [9.17, 15) is 4.79 Å². The summed E-state index contributed by atoms with van der Waals surface area (Å²) in [5.74, 6) is 1.99. The van der Waals surface area contributed by atoms with Crippen molar-refractivity contribution in [3.05, 3.63) is 66.0 Å². The van der Waals surface area contributed by atoms with E-state index in [0.717, 1.165) is 30.2 Å². The third kappa shape index (κ3) is 3.25. The van der Waals surface area contributed by atoms with Crippen molar-refractivity contribution in [3.63, 3.8) is 0 Å². The molecule has 0 unspecified atom stereocenters. The van der Waals surface area contributed by atoms with Crippen molar-refractivity contribution in [3.8, 4) is 5.69 Å². The zero-order valence-corrected chi connectivity index (χ0v) is 15.7. The second-order valence-corrected chi connectivity index (χ2v) is 7.93. The molecule has 27 heavy (non-hydrogen) atoms. The van der Waals surface area contributed by atoms with Crippen LogP contribution in [0.15, 0.2) is 59.8 Å². The molecule has 1 aliphatic heterocycles. The number of benzene rings is 2. The van der Waals surface area contributed by atoms with Crippen LogP contribution in [0.4, 0.5) is 5.69 Å². The van der Waals surface area contributed by atoms with E-state index >= 15 is 0 Å². The molecule has 1 amide bonds. The van der Waals surface area contributed by atoms with Crippen molar-refractivity contribution in [1.82, 2.24) is 14.8 Å². The van der Waals surface area contributed by atoms with E-state index in [1.165, 1.54) is 30.2 Å². The van der Waals surface area contributed by atoms with Crippen molar-refractivity contribution in [2.45, 2.75) is 30.3 Å². The second-order valence-electron chi connectivity index (χ2n) is 6.99. The number of para-hydroxylation sites is 2. The lowest BCUT2D eigenvalue weighted by atomic mass is 10.2. The lowest BCUT2D eigenvalue weighted by Gasteiger charge is -2.16. The highest BCUT2D eigenvalue weighted by Gasteiger charge is 2.31. The number of hydrogen-bond acceptors (Lipinski definition) is 4. The summed E-state index contributed by atoms with van der Waals surface area (Å²) in [6.45, 7) is 0.762. The number of rotatable bonds is 5. The van der Waals surface area contributed by atoms with Crippen LogP contribution in [0, 0.1) is 0 Å². The fourth-order valence-corrected chi connectivity index (χ4v) is 4.24. The maximum Gasteiger partial charge on any atom is 0.237 e. The largest absolute Gasteiger partial charge is 0.311 e. The maximum absolute atomic E-state index is 12.7. The number of carbonyl (C=O) groups is 1. The summed E-state index contributed by atoms with van der Waals surface area (Å²) < 4.78 is 1.94. The first-order valence-electron chi connectivity index (χ1n) is 9.33. The van der Waals surface area contributed by atoms with Crippen LogP contribution < -0.4 is 4.90 Å². The molecular formula is C21H20N4OS. The van der Waals surface area contributed by atoms with Gasteiger partial charge in [0.15, 0.2) is 0 Å². The minimum atomic E-state index is 0.119. The van der Waals surface area contributed by atoms with Crippen LogP contribution in [-0.4, -0.2) is 33.0 Å². The Bertz CT molecular complexity index is 981. The van der Waals surface area contributed by atoms with Crippen molar-refractivity contribution >= 4 is 23.4 Å².